The largest absolute Gasteiger partial charge is 0.493 e. The summed E-state index contributed by atoms with van der Waals surface area (Å²) in [5.41, 5.74) is 1.72. The van der Waals surface area contributed by atoms with Crippen LogP contribution < -0.4 is 14.2 Å². The van der Waals surface area contributed by atoms with E-state index in [4.69, 9.17) is 23.9 Å². The van der Waals surface area contributed by atoms with Crippen LogP contribution in [0.5, 0.6) is 17.2 Å². The van der Waals surface area contributed by atoms with Gasteiger partial charge in [0.15, 0.2) is 22.9 Å². The van der Waals surface area contributed by atoms with Gasteiger partial charge in [0.05, 0.1) is 38.8 Å². The number of methoxy groups -OCH3 is 3. The molecule has 0 fully saturated rings. The zero-order chi connectivity index (χ0) is 27.4. The van der Waals surface area contributed by atoms with Crippen molar-refractivity contribution in [2.75, 3.05) is 27.9 Å². The van der Waals surface area contributed by atoms with Gasteiger partial charge in [0.25, 0.3) is 0 Å². The quantitative estimate of drug-likeness (QED) is 0.129. The first kappa shape index (κ1) is 28.3. The minimum absolute atomic E-state index is 0.102. The van der Waals surface area contributed by atoms with E-state index in [1.165, 1.54) is 0 Å². The third-order valence-corrected chi connectivity index (χ3v) is 7.91. The molecule has 10 heteroatoms. The molecule has 0 saturated heterocycles. The average molecular weight is 528 g/mol. The van der Waals surface area contributed by atoms with Crippen LogP contribution in [0.3, 0.4) is 0 Å². The van der Waals surface area contributed by atoms with Crippen molar-refractivity contribution < 1.29 is 28.5 Å². The highest BCUT2D eigenvalue weighted by atomic mass is 28.3. The number of hydrogen-bond donors (Lipinski definition) is 0. The van der Waals surface area contributed by atoms with Crippen molar-refractivity contribution in [3.63, 3.8) is 0 Å². The maximum absolute atomic E-state index is 13.5. The molecule has 3 aromatic rings. The maximum atomic E-state index is 13.5. The molecule has 2 aromatic heterocycles. The first-order chi connectivity index (χ1) is 17.5. The van der Waals surface area contributed by atoms with Crippen LogP contribution in [-0.2, 0) is 16.3 Å². The highest BCUT2D eigenvalue weighted by Gasteiger charge is 2.32. The molecule has 0 aliphatic heterocycles. The van der Waals surface area contributed by atoms with E-state index in [9.17, 15) is 9.59 Å². The topological polar surface area (TPSA) is 102 Å². The summed E-state index contributed by atoms with van der Waals surface area (Å²) in [6.07, 6.45) is 4.24. The Hall–Kier alpha value is -3.24. The van der Waals surface area contributed by atoms with Crippen LogP contribution in [0.25, 0.3) is 22.4 Å². The Labute approximate surface area is 219 Å². The molecule has 1 aromatic carbocycles. The predicted octanol–water partition coefficient (Wildman–Crippen LogP) is 5.23. The number of carbonyl (C=O) groups is 2. The van der Waals surface area contributed by atoms with Crippen LogP contribution in [0.2, 0.25) is 25.7 Å². The number of aldehydes is 1. The van der Waals surface area contributed by atoms with Gasteiger partial charge in [0.1, 0.15) is 18.5 Å². The lowest BCUT2D eigenvalue weighted by molar-refractivity contribution is -0.109. The molecule has 0 N–H and O–H groups in total. The van der Waals surface area contributed by atoms with Crippen molar-refractivity contribution in [1.82, 2.24) is 14.5 Å². The third-order valence-electron chi connectivity index (χ3n) is 6.21. The number of aromatic nitrogens is 3. The van der Waals surface area contributed by atoms with Crippen molar-refractivity contribution in [2.45, 2.75) is 52.7 Å². The molecular weight excluding hydrogens is 490 g/mol. The Morgan fingerprint density at radius 3 is 2.27 bits per heavy atom. The van der Waals surface area contributed by atoms with Gasteiger partial charge in [-0.25, -0.2) is 9.97 Å². The molecule has 0 aliphatic rings. The lowest BCUT2D eigenvalue weighted by Crippen LogP contribution is -2.24. The summed E-state index contributed by atoms with van der Waals surface area (Å²) in [7, 11) is 3.39. The number of rotatable bonds is 13. The number of Topliss-reactive ketones (excluding diaryl/α,β-unsaturated/α-hetero) is 1. The van der Waals surface area contributed by atoms with Crippen LogP contribution in [0.15, 0.2) is 24.5 Å². The van der Waals surface area contributed by atoms with E-state index >= 15 is 0 Å². The van der Waals surface area contributed by atoms with Gasteiger partial charge in [-0.3, -0.25) is 4.79 Å². The molecule has 37 heavy (non-hydrogen) atoms. The third kappa shape index (κ3) is 6.37. The minimum Gasteiger partial charge on any atom is -0.493 e. The van der Waals surface area contributed by atoms with Gasteiger partial charge in [-0.1, -0.05) is 33.5 Å². The zero-order valence-corrected chi connectivity index (χ0v) is 24.0. The zero-order valence-electron chi connectivity index (χ0n) is 23.0. The molecule has 9 nitrogen and oxygen atoms in total. The molecule has 0 amide bonds. The van der Waals surface area contributed by atoms with Gasteiger partial charge in [0, 0.05) is 38.3 Å². The van der Waals surface area contributed by atoms with E-state index in [2.05, 4.69) is 24.6 Å². The summed E-state index contributed by atoms with van der Waals surface area (Å²) in [6, 6.07) is 4.60. The Balaban J connectivity index is 2.11. The number of fused-ring (bicyclic) bond motifs is 1. The number of ketones is 1. The molecule has 200 valence electrons. The van der Waals surface area contributed by atoms with E-state index in [1.54, 1.807) is 64.3 Å². The number of hydrogen-bond acceptors (Lipinski definition) is 8. The molecular formula is C27H37N3O6Si. The highest BCUT2D eigenvalue weighted by molar-refractivity contribution is 6.76. The standard InChI is InChI=1S/C27H37N3O6Si/c1-27(2,9-10-31)25(32)19-16-30(17-36-11-12-37(6,7)8)26-23(19)29-20(15-28-26)18-13-21(33-3)24(35-5)22(14-18)34-4/h10,13-16H,9,11-12,17H2,1-8H3. The Kier molecular flexibility index (Phi) is 8.75. The van der Waals surface area contributed by atoms with E-state index in [-0.39, 0.29) is 18.9 Å². The molecule has 0 atom stereocenters. The molecule has 0 saturated carbocycles. The van der Waals surface area contributed by atoms with Gasteiger partial charge in [-0.05, 0) is 18.2 Å². The van der Waals surface area contributed by atoms with E-state index in [0.717, 1.165) is 12.3 Å². The monoisotopic (exact) mass is 527 g/mol. The van der Waals surface area contributed by atoms with Crippen molar-refractivity contribution in [3.05, 3.63) is 30.1 Å². The van der Waals surface area contributed by atoms with Crippen molar-refractivity contribution in [2.24, 2.45) is 5.41 Å². The van der Waals surface area contributed by atoms with Gasteiger partial charge >= 0.3 is 0 Å². The molecule has 0 spiro atoms. The van der Waals surface area contributed by atoms with E-state index in [1.807, 2.05) is 0 Å². The first-order valence-corrected chi connectivity index (χ1v) is 15.9. The second-order valence-corrected chi connectivity index (χ2v) is 16.4. The van der Waals surface area contributed by atoms with Crippen LogP contribution in [0, 0.1) is 5.41 Å². The summed E-state index contributed by atoms with van der Waals surface area (Å²) in [5.74, 6) is 1.25. The second-order valence-electron chi connectivity index (χ2n) is 10.8. The summed E-state index contributed by atoms with van der Waals surface area (Å²) in [5, 5.41) is 0. The van der Waals surface area contributed by atoms with Crippen molar-refractivity contribution >= 4 is 31.3 Å². The summed E-state index contributed by atoms with van der Waals surface area (Å²) in [6.45, 7) is 11.3. The average Bonchev–Trinajstić information content (AvgIpc) is 3.22. The Morgan fingerprint density at radius 1 is 1.08 bits per heavy atom. The van der Waals surface area contributed by atoms with Crippen LogP contribution in [0.4, 0.5) is 0 Å². The molecule has 3 rings (SSSR count). The fourth-order valence-electron chi connectivity index (χ4n) is 3.89. The summed E-state index contributed by atoms with van der Waals surface area (Å²) < 4.78 is 24.1. The molecule has 0 bridgehead atoms. The minimum atomic E-state index is -1.24. The lowest BCUT2D eigenvalue weighted by atomic mass is 9.82. The van der Waals surface area contributed by atoms with Gasteiger partial charge in [-0.15, -0.1) is 0 Å². The van der Waals surface area contributed by atoms with Gasteiger partial charge in [0.2, 0.25) is 5.75 Å². The molecule has 0 unspecified atom stereocenters. The number of ether oxygens (including phenoxy) is 4. The normalized spacial score (nSPS) is 12.0. The molecule has 2 heterocycles. The van der Waals surface area contributed by atoms with Crippen LogP contribution >= 0.6 is 0 Å². The number of carbonyl (C=O) groups excluding carboxylic acids is 2. The van der Waals surface area contributed by atoms with Crippen LogP contribution in [0.1, 0.15) is 30.6 Å². The predicted molar refractivity (Wildman–Crippen MR) is 146 cm³/mol. The smallest absolute Gasteiger partial charge is 0.203 e. The molecule has 0 aliphatic carbocycles. The maximum Gasteiger partial charge on any atom is 0.203 e. The van der Waals surface area contributed by atoms with Gasteiger partial charge < -0.3 is 28.3 Å². The SMILES string of the molecule is COc1cc(-c2cnc3c(n2)c(C(=O)C(C)(C)CC=O)cn3COCC[Si](C)(C)C)cc(OC)c1OC. The Bertz CT molecular complexity index is 1250. The first-order valence-electron chi connectivity index (χ1n) is 12.2. The fourth-order valence-corrected chi connectivity index (χ4v) is 4.65. The van der Waals surface area contributed by atoms with Crippen molar-refractivity contribution in [1.29, 1.82) is 0 Å². The second kappa shape index (κ2) is 11.4. The number of nitrogens with zero attached hydrogens (tertiary/aromatic N) is 3. The van der Waals surface area contributed by atoms with Gasteiger partial charge in [-0.2, -0.15) is 0 Å². The Morgan fingerprint density at radius 2 is 1.73 bits per heavy atom. The summed E-state index contributed by atoms with van der Waals surface area (Å²) >= 11 is 0. The van der Waals surface area contributed by atoms with Crippen molar-refractivity contribution in [3.8, 4) is 28.5 Å². The van der Waals surface area contributed by atoms with E-state index in [0.29, 0.717) is 51.8 Å². The summed E-state index contributed by atoms with van der Waals surface area (Å²) in [4.78, 5) is 34.3. The van der Waals surface area contributed by atoms with Crippen LogP contribution in [-0.4, -0.2) is 62.6 Å². The lowest BCUT2D eigenvalue weighted by Gasteiger charge is -2.19. The highest BCUT2D eigenvalue weighted by Crippen LogP contribution is 2.41. The van der Waals surface area contributed by atoms with E-state index < -0.39 is 13.5 Å². The fraction of sp³-hybridized carbons (Fsp3) is 0.481. The number of benzene rings is 1. The molecule has 0 radical (unpaired) electrons.